The minimum atomic E-state index is -3.25. The van der Waals surface area contributed by atoms with Gasteiger partial charge >= 0.3 is 0 Å². The SMILES string of the molecule is O=P(OC(CBr)c1ccc2ccccc2c1)(c1ccccc1)c1ccccc1. The van der Waals surface area contributed by atoms with Gasteiger partial charge in [-0.15, -0.1) is 0 Å². The lowest BCUT2D eigenvalue weighted by Gasteiger charge is -2.25. The number of rotatable bonds is 6. The van der Waals surface area contributed by atoms with Crippen LogP contribution in [0.4, 0.5) is 0 Å². The van der Waals surface area contributed by atoms with Crippen molar-refractivity contribution in [2.75, 3.05) is 5.33 Å². The largest absolute Gasteiger partial charge is 0.313 e. The summed E-state index contributed by atoms with van der Waals surface area (Å²) in [6, 6.07) is 33.4. The first kappa shape index (κ1) is 19.1. The van der Waals surface area contributed by atoms with Crippen molar-refractivity contribution >= 4 is 44.7 Å². The first-order valence-electron chi connectivity index (χ1n) is 9.15. The first-order valence-corrected chi connectivity index (χ1v) is 11.9. The summed E-state index contributed by atoms with van der Waals surface area (Å²) in [5, 5.41) is 4.27. The molecule has 4 aromatic rings. The number of benzene rings is 4. The lowest BCUT2D eigenvalue weighted by atomic mass is 10.0. The quantitative estimate of drug-likeness (QED) is 0.257. The third kappa shape index (κ3) is 3.84. The monoisotopic (exact) mass is 450 g/mol. The van der Waals surface area contributed by atoms with Crippen molar-refractivity contribution in [3.8, 4) is 0 Å². The van der Waals surface area contributed by atoms with Gasteiger partial charge in [0.05, 0.1) is 0 Å². The fourth-order valence-corrected chi connectivity index (χ4v) is 6.22. The molecule has 0 saturated carbocycles. The fraction of sp³-hybridized carbons (Fsp3) is 0.0833. The van der Waals surface area contributed by atoms with E-state index in [1.807, 2.05) is 72.8 Å². The van der Waals surface area contributed by atoms with Gasteiger partial charge in [-0.2, -0.15) is 0 Å². The summed E-state index contributed by atoms with van der Waals surface area (Å²) < 4.78 is 20.6. The van der Waals surface area contributed by atoms with Crippen molar-refractivity contribution in [3.63, 3.8) is 0 Å². The highest BCUT2D eigenvalue weighted by Gasteiger charge is 2.32. The number of hydrogen-bond acceptors (Lipinski definition) is 2. The molecule has 0 saturated heterocycles. The maximum Gasteiger partial charge on any atom is 0.261 e. The molecule has 0 N–H and O–H groups in total. The Morgan fingerprint density at radius 3 is 1.82 bits per heavy atom. The molecule has 0 spiro atoms. The van der Waals surface area contributed by atoms with Crippen LogP contribution in [0.25, 0.3) is 10.8 Å². The molecule has 0 heterocycles. The van der Waals surface area contributed by atoms with Crippen LogP contribution in [0.1, 0.15) is 11.7 Å². The lowest BCUT2D eigenvalue weighted by molar-refractivity contribution is 0.245. The summed E-state index contributed by atoms with van der Waals surface area (Å²) in [6.45, 7) is 0. The van der Waals surface area contributed by atoms with Crippen molar-refractivity contribution in [1.82, 2.24) is 0 Å². The number of alkyl halides is 1. The van der Waals surface area contributed by atoms with E-state index in [1.54, 1.807) is 0 Å². The van der Waals surface area contributed by atoms with Gasteiger partial charge in [0.25, 0.3) is 7.37 Å². The summed E-state index contributed by atoms with van der Waals surface area (Å²) in [7, 11) is -3.25. The maximum atomic E-state index is 14.2. The van der Waals surface area contributed by atoms with E-state index in [-0.39, 0.29) is 6.10 Å². The third-order valence-corrected chi connectivity index (χ3v) is 7.85. The van der Waals surface area contributed by atoms with Crippen LogP contribution in [0.2, 0.25) is 0 Å². The zero-order chi connectivity index (χ0) is 19.4. The van der Waals surface area contributed by atoms with Gasteiger partial charge in [-0.1, -0.05) is 88.7 Å². The summed E-state index contributed by atoms with van der Waals surface area (Å²) in [5.74, 6) is 0. The molecule has 0 radical (unpaired) electrons. The Kier molecular flexibility index (Phi) is 5.77. The van der Waals surface area contributed by atoms with Crippen molar-refractivity contribution in [1.29, 1.82) is 0 Å². The van der Waals surface area contributed by atoms with Crippen LogP contribution in [-0.4, -0.2) is 5.33 Å². The van der Waals surface area contributed by atoms with E-state index >= 15 is 0 Å². The number of halogens is 1. The highest BCUT2D eigenvalue weighted by Crippen LogP contribution is 2.49. The van der Waals surface area contributed by atoms with Crippen molar-refractivity contribution in [2.24, 2.45) is 0 Å². The normalized spacial score (nSPS) is 12.8. The van der Waals surface area contributed by atoms with Crippen LogP contribution < -0.4 is 10.6 Å². The van der Waals surface area contributed by atoms with E-state index in [9.17, 15) is 4.57 Å². The molecule has 0 aliphatic rings. The van der Waals surface area contributed by atoms with Crippen LogP contribution in [0.15, 0.2) is 103 Å². The minimum Gasteiger partial charge on any atom is -0.313 e. The topological polar surface area (TPSA) is 26.3 Å². The van der Waals surface area contributed by atoms with Gasteiger partial charge in [0.2, 0.25) is 0 Å². The second-order valence-corrected chi connectivity index (χ2v) is 9.57. The fourth-order valence-electron chi connectivity index (χ4n) is 3.28. The minimum absolute atomic E-state index is 0.337. The average Bonchev–Trinajstić information content (AvgIpc) is 2.78. The third-order valence-electron chi connectivity index (χ3n) is 4.75. The molecular formula is C24H20BrO2P. The molecule has 1 atom stereocenters. The van der Waals surface area contributed by atoms with E-state index in [1.165, 1.54) is 5.39 Å². The summed E-state index contributed by atoms with van der Waals surface area (Å²) >= 11 is 3.57. The second kappa shape index (κ2) is 8.45. The standard InChI is InChI=1S/C24H20BrO2P/c25-18-24(21-16-15-19-9-7-8-10-20(19)17-21)27-28(26,22-11-3-1-4-12-22)23-13-5-2-6-14-23/h1-17,24H,18H2. The molecule has 1 unspecified atom stereocenters. The zero-order valence-electron chi connectivity index (χ0n) is 15.2. The number of hydrogen-bond donors (Lipinski definition) is 0. The van der Waals surface area contributed by atoms with Gasteiger partial charge in [0.15, 0.2) is 0 Å². The molecule has 0 amide bonds. The second-order valence-electron chi connectivity index (χ2n) is 6.58. The van der Waals surface area contributed by atoms with Crippen LogP contribution >= 0.6 is 23.3 Å². The summed E-state index contributed by atoms with van der Waals surface area (Å²) in [4.78, 5) is 0. The van der Waals surface area contributed by atoms with Gasteiger partial charge in [0, 0.05) is 15.9 Å². The molecule has 4 rings (SSSR count). The van der Waals surface area contributed by atoms with E-state index < -0.39 is 7.37 Å². The summed E-state index contributed by atoms with van der Waals surface area (Å²) in [6.07, 6.45) is -0.337. The Balaban J connectivity index is 1.77. The molecule has 2 nitrogen and oxygen atoms in total. The highest BCUT2D eigenvalue weighted by molar-refractivity contribution is 9.09. The predicted octanol–water partition coefficient (Wildman–Crippen LogP) is 6.22. The van der Waals surface area contributed by atoms with Gasteiger partial charge in [0.1, 0.15) is 6.10 Å². The molecule has 28 heavy (non-hydrogen) atoms. The molecule has 140 valence electrons. The van der Waals surface area contributed by atoms with E-state index in [2.05, 4.69) is 46.3 Å². The van der Waals surface area contributed by atoms with E-state index in [4.69, 9.17) is 4.52 Å². The van der Waals surface area contributed by atoms with Crippen LogP contribution in [-0.2, 0) is 9.09 Å². The van der Waals surface area contributed by atoms with E-state index in [0.717, 1.165) is 10.9 Å². The number of fused-ring (bicyclic) bond motifs is 1. The summed E-state index contributed by atoms with van der Waals surface area (Å²) in [5.41, 5.74) is 1.00. The molecule has 0 aromatic heterocycles. The molecule has 4 heteroatoms. The molecule has 0 bridgehead atoms. The highest BCUT2D eigenvalue weighted by atomic mass is 79.9. The molecular weight excluding hydrogens is 431 g/mol. The first-order chi connectivity index (χ1) is 13.7. The Bertz CT molecular complexity index is 1070. The van der Waals surface area contributed by atoms with Gasteiger partial charge < -0.3 is 4.52 Å². The van der Waals surface area contributed by atoms with Crippen molar-refractivity contribution in [3.05, 3.63) is 109 Å². The zero-order valence-corrected chi connectivity index (χ0v) is 17.7. The van der Waals surface area contributed by atoms with Gasteiger partial charge in [-0.05, 0) is 46.7 Å². The predicted molar refractivity (Wildman–Crippen MR) is 121 cm³/mol. The Hall–Kier alpha value is -2.19. The van der Waals surface area contributed by atoms with Crippen LogP contribution in [0, 0.1) is 0 Å². The molecule has 0 aliphatic carbocycles. The van der Waals surface area contributed by atoms with E-state index in [0.29, 0.717) is 15.9 Å². The lowest BCUT2D eigenvalue weighted by Crippen LogP contribution is -2.20. The molecule has 0 aliphatic heterocycles. The molecule has 0 fully saturated rings. The van der Waals surface area contributed by atoms with Gasteiger partial charge in [-0.25, -0.2) is 0 Å². The Labute approximate surface area is 173 Å². The van der Waals surface area contributed by atoms with Gasteiger partial charge in [-0.3, -0.25) is 4.57 Å². The van der Waals surface area contributed by atoms with Crippen molar-refractivity contribution in [2.45, 2.75) is 6.10 Å². The maximum absolute atomic E-state index is 14.2. The smallest absolute Gasteiger partial charge is 0.261 e. The average molecular weight is 451 g/mol. The Morgan fingerprint density at radius 2 is 1.25 bits per heavy atom. The molecule has 4 aromatic carbocycles. The van der Waals surface area contributed by atoms with Crippen LogP contribution in [0.3, 0.4) is 0 Å². The van der Waals surface area contributed by atoms with Crippen LogP contribution in [0.5, 0.6) is 0 Å². The Morgan fingerprint density at radius 1 is 0.714 bits per heavy atom. The van der Waals surface area contributed by atoms with Crippen molar-refractivity contribution < 1.29 is 9.09 Å².